The standard InChI is InChI=1S/C23H24F2N4O5S/c1-23(12-35(31,32)13-23)8-19(30)14-7-18-21(27-10-14)20(28-29(18)16-2-4-33-5-3-16)15-6-17(11-26-9-15)34-22(24)25/h6-7,9-11,16,22H,2-5,8,12-13H2,1H3. The number of nitrogens with zero attached hydrogens (tertiary/aromatic N) is 4. The molecule has 0 bridgehead atoms. The fourth-order valence-corrected chi connectivity index (χ4v) is 7.14. The van der Waals surface area contributed by atoms with Crippen molar-refractivity contribution in [1.82, 2.24) is 19.7 Å². The van der Waals surface area contributed by atoms with Gasteiger partial charge in [0.25, 0.3) is 0 Å². The lowest BCUT2D eigenvalue weighted by atomic mass is 9.86. The molecule has 2 saturated heterocycles. The minimum Gasteiger partial charge on any atom is -0.433 e. The van der Waals surface area contributed by atoms with E-state index in [0.717, 1.165) is 12.8 Å². The highest BCUT2D eigenvalue weighted by atomic mass is 32.2. The molecule has 0 amide bonds. The van der Waals surface area contributed by atoms with Crippen molar-refractivity contribution in [2.75, 3.05) is 24.7 Å². The molecule has 5 rings (SSSR count). The Balaban J connectivity index is 1.54. The SMILES string of the molecule is CC1(CC(=O)c2cnc3c(-c4cncc(OC(F)F)c4)nn(C4CCOCC4)c3c2)CS(=O)(=O)C1. The summed E-state index contributed by atoms with van der Waals surface area (Å²) < 4.78 is 60.4. The first-order valence-electron chi connectivity index (χ1n) is 11.2. The monoisotopic (exact) mass is 506 g/mol. The van der Waals surface area contributed by atoms with E-state index in [9.17, 15) is 22.0 Å². The van der Waals surface area contributed by atoms with Crippen LogP contribution in [0.4, 0.5) is 8.78 Å². The summed E-state index contributed by atoms with van der Waals surface area (Å²) in [4.78, 5) is 21.6. The number of hydrogen-bond donors (Lipinski definition) is 0. The van der Waals surface area contributed by atoms with Crippen LogP contribution in [0.25, 0.3) is 22.3 Å². The molecule has 0 unspecified atom stereocenters. The molecule has 0 atom stereocenters. The summed E-state index contributed by atoms with van der Waals surface area (Å²) >= 11 is 0. The van der Waals surface area contributed by atoms with E-state index in [1.165, 1.54) is 24.7 Å². The van der Waals surface area contributed by atoms with Crippen LogP contribution >= 0.6 is 0 Å². The minimum absolute atomic E-state index is 0.00437. The quantitative estimate of drug-likeness (QED) is 0.448. The average molecular weight is 507 g/mol. The van der Waals surface area contributed by atoms with E-state index in [0.29, 0.717) is 41.1 Å². The summed E-state index contributed by atoms with van der Waals surface area (Å²) in [6, 6.07) is 3.16. The highest BCUT2D eigenvalue weighted by Gasteiger charge is 2.45. The fraction of sp³-hybridized carbons (Fsp3) is 0.478. The number of Topliss-reactive ketones (excluding diaryl/α,β-unsaturated/α-hetero) is 1. The summed E-state index contributed by atoms with van der Waals surface area (Å²) in [7, 11) is -3.07. The maximum atomic E-state index is 13.0. The minimum atomic E-state index is -3.07. The lowest BCUT2D eigenvalue weighted by molar-refractivity contribution is -0.0500. The fourth-order valence-electron chi connectivity index (χ4n) is 4.90. The van der Waals surface area contributed by atoms with Gasteiger partial charge in [0.05, 0.1) is 29.3 Å². The van der Waals surface area contributed by atoms with E-state index in [1.54, 1.807) is 13.0 Å². The molecule has 0 saturated carbocycles. The van der Waals surface area contributed by atoms with Crippen LogP contribution in [-0.2, 0) is 14.6 Å². The maximum absolute atomic E-state index is 13.0. The van der Waals surface area contributed by atoms with Gasteiger partial charge in [-0.25, -0.2) is 8.42 Å². The molecule has 186 valence electrons. The van der Waals surface area contributed by atoms with E-state index in [2.05, 4.69) is 14.7 Å². The number of halogens is 2. The third-order valence-electron chi connectivity index (χ3n) is 6.34. The summed E-state index contributed by atoms with van der Waals surface area (Å²) in [6.45, 7) is -0.0502. The summed E-state index contributed by atoms with van der Waals surface area (Å²) in [5.41, 5.74) is 1.82. The van der Waals surface area contributed by atoms with E-state index in [1.807, 2.05) is 4.68 Å². The van der Waals surface area contributed by atoms with Crippen molar-refractivity contribution in [3.8, 4) is 17.0 Å². The Morgan fingerprint density at radius 1 is 1.23 bits per heavy atom. The van der Waals surface area contributed by atoms with Gasteiger partial charge in [-0.3, -0.25) is 19.4 Å². The molecule has 0 aliphatic carbocycles. The summed E-state index contributed by atoms with van der Waals surface area (Å²) in [5.74, 6) is -0.292. The van der Waals surface area contributed by atoms with Gasteiger partial charge < -0.3 is 9.47 Å². The number of carbonyl (C=O) groups excluding carboxylic acids is 1. The Bertz CT molecular complexity index is 1370. The highest BCUT2D eigenvalue weighted by Crippen LogP contribution is 2.38. The summed E-state index contributed by atoms with van der Waals surface area (Å²) in [6.07, 6.45) is 5.68. The topological polar surface area (TPSA) is 113 Å². The van der Waals surface area contributed by atoms with Crippen molar-refractivity contribution in [1.29, 1.82) is 0 Å². The molecule has 5 heterocycles. The molecule has 2 fully saturated rings. The van der Waals surface area contributed by atoms with Crippen LogP contribution in [0.2, 0.25) is 0 Å². The largest absolute Gasteiger partial charge is 0.433 e. The van der Waals surface area contributed by atoms with Gasteiger partial charge in [-0.05, 0) is 25.0 Å². The molecule has 12 heteroatoms. The van der Waals surface area contributed by atoms with Gasteiger partial charge >= 0.3 is 6.61 Å². The zero-order chi connectivity index (χ0) is 24.8. The molecular weight excluding hydrogens is 482 g/mol. The van der Waals surface area contributed by atoms with Crippen LogP contribution in [0.5, 0.6) is 5.75 Å². The van der Waals surface area contributed by atoms with Crippen molar-refractivity contribution in [3.05, 3.63) is 36.3 Å². The van der Waals surface area contributed by atoms with Crippen LogP contribution in [0.15, 0.2) is 30.7 Å². The van der Waals surface area contributed by atoms with Gasteiger partial charge in [-0.1, -0.05) is 6.92 Å². The second kappa shape index (κ2) is 8.90. The molecule has 0 spiro atoms. The number of pyridine rings is 2. The normalized spacial score (nSPS) is 19.5. The van der Waals surface area contributed by atoms with Gasteiger partial charge in [-0.2, -0.15) is 13.9 Å². The van der Waals surface area contributed by atoms with Crippen LogP contribution < -0.4 is 4.74 Å². The first-order chi connectivity index (χ1) is 16.6. The number of sulfone groups is 1. The van der Waals surface area contributed by atoms with Gasteiger partial charge in [0.15, 0.2) is 15.6 Å². The van der Waals surface area contributed by atoms with Crippen LogP contribution in [0.1, 0.15) is 42.6 Å². The molecule has 2 aliphatic heterocycles. The number of rotatable bonds is 7. The predicted octanol–water partition coefficient (Wildman–Crippen LogP) is 3.45. The van der Waals surface area contributed by atoms with E-state index < -0.39 is 21.9 Å². The number of hydrogen-bond acceptors (Lipinski definition) is 8. The number of ketones is 1. The van der Waals surface area contributed by atoms with Gasteiger partial charge in [0, 0.05) is 48.6 Å². The highest BCUT2D eigenvalue weighted by molar-refractivity contribution is 7.92. The second-order valence-corrected chi connectivity index (χ2v) is 11.5. The van der Waals surface area contributed by atoms with Crippen molar-refractivity contribution in [3.63, 3.8) is 0 Å². The van der Waals surface area contributed by atoms with Crippen molar-refractivity contribution in [2.45, 2.75) is 38.8 Å². The first-order valence-corrected chi connectivity index (χ1v) is 13.0. The second-order valence-electron chi connectivity index (χ2n) is 9.46. The molecule has 2 aliphatic rings. The van der Waals surface area contributed by atoms with E-state index >= 15 is 0 Å². The third kappa shape index (κ3) is 4.90. The average Bonchev–Trinajstić information content (AvgIpc) is 3.17. The smallest absolute Gasteiger partial charge is 0.387 e. The molecule has 3 aromatic rings. The lowest BCUT2D eigenvalue weighted by Gasteiger charge is -2.37. The van der Waals surface area contributed by atoms with E-state index in [-0.39, 0.29) is 35.5 Å². The Morgan fingerprint density at radius 3 is 2.66 bits per heavy atom. The van der Waals surface area contributed by atoms with Crippen molar-refractivity contribution < 1.29 is 31.5 Å². The Kier molecular flexibility index (Phi) is 6.04. The predicted molar refractivity (Wildman–Crippen MR) is 122 cm³/mol. The number of aromatic nitrogens is 4. The van der Waals surface area contributed by atoms with Crippen LogP contribution in [-0.4, -0.2) is 65.3 Å². The Hall–Kier alpha value is -2.99. The van der Waals surface area contributed by atoms with Gasteiger partial charge in [-0.15, -0.1) is 0 Å². The number of alkyl halides is 2. The van der Waals surface area contributed by atoms with Crippen LogP contribution in [0.3, 0.4) is 0 Å². The van der Waals surface area contributed by atoms with Crippen molar-refractivity contribution >= 4 is 26.7 Å². The molecule has 0 aromatic carbocycles. The first kappa shape index (κ1) is 23.7. The molecule has 0 radical (unpaired) electrons. The maximum Gasteiger partial charge on any atom is 0.387 e. The van der Waals surface area contributed by atoms with Crippen LogP contribution in [0, 0.1) is 5.41 Å². The Morgan fingerprint density at radius 2 is 1.97 bits per heavy atom. The zero-order valence-corrected chi connectivity index (χ0v) is 19.8. The molecule has 0 N–H and O–H groups in total. The van der Waals surface area contributed by atoms with Gasteiger partial charge in [0.2, 0.25) is 0 Å². The number of ether oxygens (including phenoxy) is 2. The zero-order valence-electron chi connectivity index (χ0n) is 19.0. The number of carbonyl (C=O) groups is 1. The molecule has 3 aromatic heterocycles. The lowest BCUT2D eigenvalue weighted by Crippen LogP contribution is -2.47. The van der Waals surface area contributed by atoms with Crippen molar-refractivity contribution in [2.24, 2.45) is 5.41 Å². The molecule has 35 heavy (non-hydrogen) atoms. The Labute approximate surface area is 200 Å². The van der Waals surface area contributed by atoms with Gasteiger partial charge in [0.1, 0.15) is 17.0 Å². The number of fused-ring (bicyclic) bond motifs is 1. The van der Waals surface area contributed by atoms with E-state index in [4.69, 9.17) is 9.84 Å². The molecular formula is C23H24F2N4O5S. The third-order valence-corrected chi connectivity index (χ3v) is 8.61. The summed E-state index contributed by atoms with van der Waals surface area (Å²) in [5, 5.41) is 4.75. The molecule has 9 nitrogen and oxygen atoms in total.